The van der Waals surface area contributed by atoms with Crippen molar-refractivity contribution in [2.45, 2.75) is 25.9 Å². The van der Waals surface area contributed by atoms with Crippen molar-refractivity contribution >= 4 is 5.91 Å². The summed E-state index contributed by atoms with van der Waals surface area (Å²) in [6, 6.07) is 21.0. The van der Waals surface area contributed by atoms with Gasteiger partial charge in [-0.15, -0.1) is 0 Å². The molecule has 0 spiro atoms. The van der Waals surface area contributed by atoms with Crippen LogP contribution in [0, 0.1) is 5.92 Å². The third kappa shape index (κ3) is 6.53. The number of benzene rings is 2. The number of rotatable bonds is 9. The number of nitrogens with one attached hydrogen (secondary N) is 1. The van der Waals surface area contributed by atoms with Crippen molar-refractivity contribution in [2.24, 2.45) is 5.92 Å². The molecule has 2 aromatic carbocycles. The van der Waals surface area contributed by atoms with Crippen LogP contribution in [0.5, 0.6) is 0 Å². The maximum absolute atomic E-state index is 11.6. The molecule has 0 radical (unpaired) electrons. The van der Waals surface area contributed by atoms with Gasteiger partial charge in [0.2, 0.25) is 5.91 Å². The van der Waals surface area contributed by atoms with Crippen molar-refractivity contribution in [3.63, 3.8) is 0 Å². The zero-order chi connectivity index (χ0) is 23.0. The van der Waals surface area contributed by atoms with Crippen LogP contribution in [0.3, 0.4) is 0 Å². The lowest BCUT2D eigenvalue weighted by atomic mass is 9.96. The van der Waals surface area contributed by atoms with Gasteiger partial charge in [0.25, 0.3) is 0 Å². The predicted octanol–water partition coefficient (Wildman–Crippen LogP) is 3.49. The van der Waals surface area contributed by atoms with E-state index in [4.69, 9.17) is 5.10 Å². The molecule has 0 atom stereocenters. The van der Waals surface area contributed by atoms with Crippen molar-refractivity contribution in [1.82, 2.24) is 24.9 Å². The fourth-order valence-corrected chi connectivity index (χ4v) is 4.67. The standard InChI is InChI=1S/C27H35N5O/c1-28-26(33)21-31-15-13-23(14-16-31)17-30(2)19-25-20-32(18-22-9-5-3-6-10-22)29-27(25)24-11-7-4-8-12-24/h3-12,20,23H,13-19,21H2,1-2H3,(H,28,33). The van der Waals surface area contributed by atoms with Gasteiger partial charge in [-0.3, -0.25) is 14.4 Å². The molecule has 1 amide bonds. The lowest BCUT2D eigenvalue weighted by molar-refractivity contribution is -0.122. The second-order valence-corrected chi connectivity index (χ2v) is 9.14. The number of carbonyl (C=O) groups is 1. The minimum Gasteiger partial charge on any atom is -0.358 e. The Morgan fingerprint density at radius 2 is 1.73 bits per heavy atom. The summed E-state index contributed by atoms with van der Waals surface area (Å²) >= 11 is 0. The Labute approximate surface area is 197 Å². The minimum absolute atomic E-state index is 0.103. The van der Waals surface area contributed by atoms with Crippen molar-refractivity contribution in [3.05, 3.63) is 78.0 Å². The molecule has 6 nitrogen and oxygen atoms in total. The van der Waals surface area contributed by atoms with Gasteiger partial charge in [0.1, 0.15) is 0 Å². The highest BCUT2D eigenvalue weighted by Crippen LogP contribution is 2.25. The highest BCUT2D eigenvalue weighted by molar-refractivity contribution is 5.77. The van der Waals surface area contributed by atoms with Crippen molar-refractivity contribution in [3.8, 4) is 11.3 Å². The summed E-state index contributed by atoms with van der Waals surface area (Å²) < 4.78 is 2.07. The monoisotopic (exact) mass is 445 g/mol. The van der Waals surface area contributed by atoms with Crippen LogP contribution in [0.15, 0.2) is 66.9 Å². The molecule has 1 aliphatic rings. The van der Waals surface area contributed by atoms with E-state index in [-0.39, 0.29) is 5.91 Å². The molecule has 1 N–H and O–H groups in total. The minimum atomic E-state index is 0.103. The Kier molecular flexibility index (Phi) is 7.92. The molecule has 1 fully saturated rings. The first kappa shape index (κ1) is 23.2. The Morgan fingerprint density at radius 1 is 1.06 bits per heavy atom. The van der Waals surface area contributed by atoms with Crippen LogP contribution in [-0.4, -0.2) is 65.8 Å². The Morgan fingerprint density at radius 3 is 2.39 bits per heavy atom. The summed E-state index contributed by atoms with van der Waals surface area (Å²) in [5.41, 5.74) is 4.74. The van der Waals surface area contributed by atoms with E-state index in [2.05, 4.69) is 81.6 Å². The van der Waals surface area contributed by atoms with Crippen molar-refractivity contribution in [1.29, 1.82) is 0 Å². The number of likely N-dealkylation sites (tertiary alicyclic amines) is 1. The molecule has 0 aliphatic carbocycles. The summed E-state index contributed by atoms with van der Waals surface area (Å²) in [6.07, 6.45) is 4.48. The summed E-state index contributed by atoms with van der Waals surface area (Å²) in [5, 5.41) is 7.69. The Hall–Kier alpha value is -2.96. The third-order valence-electron chi connectivity index (χ3n) is 6.44. The fourth-order valence-electron chi connectivity index (χ4n) is 4.67. The van der Waals surface area contributed by atoms with E-state index in [9.17, 15) is 4.79 Å². The second-order valence-electron chi connectivity index (χ2n) is 9.14. The first-order valence-corrected chi connectivity index (χ1v) is 11.9. The topological polar surface area (TPSA) is 53.4 Å². The van der Waals surface area contributed by atoms with E-state index in [0.717, 1.165) is 56.8 Å². The third-order valence-corrected chi connectivity index (χ3v) is 6.44. The van der Waals surface area contributed by atoms with Gasteiger partial charge in [-0.05, 0) is 44.5 Å². The molecule has 2 heterocycles. The molecule has 1 aromatic heterocycles. The lowest BCUT2D eigenvalue weighted by Crippen LogP contribution is -2.42. The highest BCUT2D eigenvalue weighted by Gasteiger charge is 2.22. The number of amides is 1. The SMILES string of the molecule is CNC(=O)CN1CCC(CN(C)Cc2cn(Cc3ccccc3)nc2-c2ccccc2)CC1. The van der Waals surface area contributed by atoms with Crippen LogP contribution in [0.4, 0.5) is 0 Å². The number of aromatic nitrogens is 2. The molecule has 174 valence electrons. The average Bonchev–Trinajstić information content (AvgIpc) is 3.23. The van der Waals surface area contributed by atoms with Crippen molar-refractivity contribution in [2.75, 3.05) is 40.3 Å². The smallest absolute Gasteiger partial charge is 0.233 e. The molecule has 0 unspecified atom stereocenters. The zero-order valence-corrected chi connectivity index (χ0v) is 19.8. The Bertz CT molecular complexity index is 1010. The average molecular weight is 446 g/mol. The normalized spacial score (nSPS) is 15.1. The van der Waals surface area contributed by atoms with Crippen LogP contribution in [-0.2, 0) is 17.9 Å². The van der Waals surface area contributed by atoms with E-state index in [1.54, 1.807) is 7.05 Å². The van der Waals surface area contributed by atoms with E-state index < -0.39 is 0 Å². The van der Waals surface area contributed by atoms with E-state index >= 15 is 0 Å². The molecular weight excluding hydrogens is 410 g/mol. The van der Waals surface area contributed by atoms with Gasteiger partial charge in [0.15, 0.2) is 0 Å². The number of likely N-dealkylation sites (N-methyl/N-ethyl adjacent to an activating group) is 1. The quantitative estimate of drug-likeness (QED) is 0.548. The largest absolute Gasteiger partial charge is 0.358 e. The molecule has 0 saturated carbocycles. The van der Waals surface area contributed by atoms with Gasteiger partial charge in [0.05, 0.1) is 18.8 Å². The fraction of sp³-hybridized carbons (Fsp3) is 0.407. The first-order valence-electron chi connectivity index (χ1n) is 11.9. The van der Waals surface area contributed by atoms with Crippen LogP contribution in [0.2, 0.25) is 0 Å². The number of hydrogen-bond donors (Lipinski definition) is 1. The molecule has 1 saturated heterocycles. The maximum Gasteiger partial charge on any atom is 0.233 e. The van der Waals surface area contributed by atoms with Gasteiger partial charge in [-0.1, -0.05) is 60.7 Å². The van der Waals surface area contributed by atoms with Crippen LogP contribution < -0.4 is 5.32 Å². The number of piperidine rings is 1. The van der Waals surface area contributed by atoms with Crippen LogP contribution in [0.1, 0.15) is 24.0 Å². The molecule has 4 rings (SSSR count). The van der Waals surface area contributed by atoms with Crippen LogP contribution >= 0.6 is 0 Å². The van der Waals surface area contributed by atoms with Gasteiger partial charge in [0, 0.05) is 37.5 Å². The molecule has 33 heavy (non-hydrogen) atoms. The van der Waals surface area contributed by atoms with E-state index in [1.165, 1.54) is 11.1 Å². The van der Waals surface area contributed by atoms with Crippen molar-refractivity contribution < 1.29 is 4.79 Å². The highest BCUT2D eigenvalue weighted by atomic mass is 16.1. The molecule has 0 bridgehead atoms. The Balaban J connectivity index is 1.40. The number of carbonyl (C=O) groups excluding carboxylic acids is 1. The second kappa shape index (κ2) is 11.3. The molecule has 6 heteroatoms. The molecular formula is C27H35N5O. The summed E-state index contributed by atoms with van der Waals surface area (Å²) in [4.78, 5) is 16.3. The lowest BCUT2D eigenvalue weighted by Gasteiger charge is -2.33. The summed E-state index contributed by atoms with van der Waals surface area (Å²) in [6.45, 7) is 5.21. The molecule has 3 aromatic rings. The van der Waals surface area contributed by atoms with Gasteiger partial charge in [-0.2, -0.15) is 5.10 Å². The van der Waals surface area contributed by atoms with E-state index in [0.29, 0.717) is 12.5 Å². The first-order chi connectivity index (χ1) is 16.1. The van der Waals surface area contributed by atoms with Crippen LogP contribution in [0.25, 0.3) is 11.3 Å². The summed E-state index contributed by atoms with van der Waals surface area (Å²) in [7, 11) is 3.91. The maximum atomic E-state index is 11.6. The predicted molar refractivity (Wildman–Crippen MR) is 133 cm³/mol. The van der Waals surface area contributed by atoms with Gasteiger partial charge in [-0.25, -0.2) is 0 Å². The van der Waals surface area contributed by atoms with Gasteiger partial charge >= 0.3 is 0 Å². The number of hydrogen-bond acceptors (Lipinski definition) is 4. The van der Waals surface area contributed by atoms with Gasteiger partial charge < -0.3 is 10.2 Å². The van der Waals surface area contributed by atoms with E-state index in [1.807, 2.05) is 12.1 Å². The summed E-state index contributed by atoms with van der Waals surface area (Å²) in [5.74, 6) is 0.766. The zero-order valence-electron chi connectivity index (χ0n) is 19.8. The number of nitrogens with zero attached hydrogens (tertiary/aromatic N) is 4. The molecule has 1 aliphatic heterocycles.